The molecule has 0 bridgehead atoms. The van der Waals surface area contributed by atoms with Crippen molar-refractivity contribution in [2.24, 2.45) is 0 Å². The lowest BCUT2D eigenvalue weighted by atomic mass is 10.4. The summed E-state index contributed by atoms with van der Waals surface area (Å²) in [7, 11) is 0. The molecule has 0 saturated heterocycles. The minimum Gasteiger partial charge on any atom is -0.369 e. The Morgan fingerprint density at radius 1 is 1.28 bits per heavy atom. The standard InChI is InChI=1S/C11H18BrN5O/c1-3-5-14-8(18)6-15-11-9(12)10(13-4-2)16-7-17-11/h7H,3-6H2,1-2H3,(H,14,18)(H2,13,15,16,17). The molecule has 0 unspecified atom stereocenters. The summed E-state index contributed by atoms with van der Waals surface area (Å²) in [6.07, 6.45) is 2.38. The van der Waals surface area contributed by atoms with Crippen LogP contribution in [0.2, 0.25) is 0 Å². The Morgan fingerprint density at radius 2 is 1.94 bits per heavy atom. The van der Waals surface area contributed by atoms with Crippen LogP contribution in [-0.4, -0.2) is 35.5 Å². The Labute approximate surface area is 115 Å². The maximum absolute atomic E-state index is 11.4. The normalized spacial score (nSPS) is 9.94. The molecule has 0 aliphatic heterocycles. The first-order valence-corrected chi connectivity index (χ1v) is 6.73. The van der Waals surface area contributed by atoms with Crippen molar-refractivity contribution in [1.82, 2.24) is 15.3 Å². The van der Waals surface area contributed by atoms with Gasteiger partial charge in [0.2, 0.25) is 5.91 Å². The van der Waals surface area contributed by atoms with Gasteiger partial charge in [-0.15, -0.1) is 0 Å². The SMILES string of the molecule is CCCNC(=O)CNc1ncnc(NCC)c1Br. The topological polar surface area (TPSA) is 78.9 Å². The highest BCUT2D eigenvalue weighted by Gasteiger charge is 2.08. The van der Waals surface area contributed by atoms with Gasteiger partial charge < -0.3 is 16.0 Å². The van der Waals surface area contributed by atoms with E-state index in [2.05, 4.69) is 41.8 Å². The maximum atomic E-state index is 11.4. The van der Waals surface area contributed by atoms with E-state index in [9.17, 15) is 4.79 Å². The van der Waals surface area contributed by atoms with E-state index >= 15 is 0 Å². The van der Waals surface area contributed by atoms with Crippen LogP contribution in [0.1, 0.15) is 20.3 Å². The molecule has 6 nitrogen and oxygen atoms in total. The Balaban J connectivity index is 2.56. The van der Waals surface area contributed by atoms with E-state index in [0.717, 1.165) is 17.4 Å². The van der Waals surface area contributed by atoms with E-state index in [4.69, 9.17) is 0 Å². The molecule has 0 atom stereocenters. The third kappa shape index (κ3) is 4.48. The fourth-order valence-electron chi connectivity index (χ4n) is 1.27. The fourth-order valence-corrected chi connectivity index (χ4v) is 1.76. The summed E-state index contributed by atoms with van der Waals surface area (Å²) >= 11 is 3.40. The summed E-state index contributed by atoms with van der Waals surface area (Å²) in [4.78, 5) is 19.6. The number of nitrogens with one attached hydrogen (secondary N) is 3. The van der Waals surface area contributed by atoms with Gasteiger partial charge in [-0.25, -0.2) is 9.97 Å². The molecule has 18 heavy (non-hydrogen) atoms. The lowest BCUT2D eigenvalue weighted by Gasteiger charge is -2.10. The molecule has 100 valence electrons. The van der Waals surface area contributed by atoms with Gasteiger partial charge >= 0.3 is 0 Å². The van der Waals surface area contributed by atoms with Crippen LogP contribution >= 0.6 is 15.9 Å². The van der Waals surface area contributed by atoms with Crippen LogP contribution in [0.15, 0.2) is 10.8 Å². The van der Waals surface area contributed by atoms with E-state index < -0.39 is 0 Å². The zero-order valence-electron chi connectivity index (χ0n) is 10.6. The van der Waals surface area contributed by atoms with Gasteiger partial charge in [0.1, 0.15) is 22.4 Å². The summed E-state index contributed by atoms with van der Waals surface area (Å²) in [5.41, 5.74) is 0. The molecule has 0 spiro atoms. The lowest BCUT2D eigenvalue weighted by Crippen LogP contribution is -2.30. The van der Waals surface area contributed by atoms with E-state index in [1.54, 1.807) is 0 Å². The van der Waals surface area contributed by atoms with Gasteiger partial charge in [-0.05, 0) is 29.3 Å². The number of hydrogen-bond acceptors (Lipinski definition) is 5. The molecule has 1 amide bonds. The van der Waals surface area contributed by atoms with Gasteiger partial charge in [-0.2, -0.15) is 0 Å². The summed E-state index contributed by atoms with van der Waals surface area (Å²) in [5.74, 6) is 1.27. The van der Waals surface area contributed by atoms with Gasteiger partial charge in [0.15, 0.2) is 0 Å². The van der Waals surface area contributed by atoms with Gasteiger partial charge in [0, 0.05) is 13.1 Å². The number of rotatable bonds is 7. The van der Waals surface area contributed by atoms with E-state index in [0.29, 0.717) is 18.2 Å². The van der Waals surface area contributed by atoms with Crippen molar-refractivity contribution in [3.05, 3.63) is 10.8 Å². The van der Waals surface area contributed by atoms with Crippen molar-refractivity contribution in [3.8, 4) is 0 Å². The number of aromatic nitrogens is 2. The molecular formula is C11H18BrN5O. The van der Waals surface area contributed by atoms with Crippen molar-refractivity contribution in [2.75, 3.05) is 30.3 Å². The number of nitrogens with zero attached hydrogens (tertiary/aromatic N) is 2. The highest BCUT2D eigenvalue weighted by molar-refractivity contribution is 9.10. The zero-order valence-corrected chi connectivity index (χ0v) is 12.2. The average Bonchev–Trinajstić information content (AvgIpc) is 2.37. The van der Waals surface area contributed by atoms with Crippen molar-refractivity contribution in [2.45, 2.75) is 20.3 Å². The van der Waals surface area contributed by atoms with Gasteiger partial charge in [-0.3, -0.25) is 4.79 Å². The Hall–Kier alpha value is -1.37. The molecule has 0 aliphatic carbocycles. The number of carbonyl (C=O) groups is 1. The molecule has 1 heterocycles. The average molecular weight is 316 g/mol. The highest BCUT2D eigenvalue weighted by Crippen LogP contribution is 2.25. The zero-order chi connectivity index (χ0) is 13.4. The van der Waals surface area contributed by atoms with Crippen molar-refractivity contribution < 1.29 is 4.79 Å². The third-order valence-electron chi connectivity index (χ3n) is 2.12. The lowest BCUT2D eigenvalue weighted by molar-refractivity contribution is -0.119. The number of anilines is 2. The number of halogens is 1. The summed E-state index contributed by atoms with van der Waals surface area (Å²) < 4.78 is 0.732. The van der Waals surface area contributed by atoms with Crippen LogP contribution < -0.4 is 16.0 Å². The first-order valence-electron chi connectivity index (χ1n) is 5.94. The third-order valence-corrected chi connectivity index (χ3v) is 2.87. The summed E-state index contributed by atoms with van der Waals surface area (Å²) in [5, 5.41) is 8.86. The molecule has 0 aromatic carbocycles. The van der Waals surface area contributed by atoms with Crippen LogP contribution in [0.3, 0.4) is 0 Å². The predicted molar refractivity (Wildman–Crippen MR) is 75.7 cm³/mol. The first kappa shape index (κ1) is 14.7. The summed E-state index contributed by atoms with van der Waals surface area (Å²) in [6, 6.07) is 0. The molecular weight excluding hydrogens is 298 g/mol. The van der Waals surface area contributed by atoms with Crippen molar-refractivity contribution in [1.29, 1.82) is 0 Å². The van der Waals surface area contributed by atoms with Gasteiger partial charge in [0.05, 0.1) is 6.54 Å². The van der Waals surface area contributed by atoms with Crippen LogP contribution in [0.4, 0.5) is 11.6 Å². The van der Waals surface area contributed by atoms with Gasteiger partial charge in [0.25, 0.3) is 0 Å². The Bertz CT molecular complexity index is 399. The number of hydrogen-bond donors (Lipinski definition) is 3. The van der Waals surface area contributed by atoms with Crippen LogP contribution in [0.25, 0.3) is 0 Å². The van der Waals surface area contributed by atoms with E-state index in [1.807, 2.05) is 13.8 Å². The van der Waals surface area contributed by atoms with Crippen molar-refractivity contribution >= 4 is 33.5 Å². The number of amides is 1. The molecule has 1 rings (SSSR count). The predicted octanol–water partition coefficient (Wildman–Crippen LogP) is 1.61. The Morgan fingerprint density at radius 3 is 2.56 bits per heavy atom. The smallest absolute Gasteiger partial charge is 0.239 e. The molecule has 7 heteroatoms. The molecule has 1 aromatic heterocycles. The minimum atomic E-state index is -0.0487. The second-order valence-corrected chi connectivity index (χ2v) is 4.41. The monoisotopic (exact) mass is 315 g/mol. The molecule has 0 radical (unpaired) electrons. The second-order valence-electron chi connectivity index (χ2n) is 3.62. The fraction of sp³-hybridized carbons (Fsp3) is 0.545. The minimum absolute atomic E-state index is 0.0487. The largest absolute Gasteiger partial charge is 0.369 e. The van der Waals surface area contributed by atoms with Gasteiger partial charge in [-0.1, -0.05) is 6.92 Å². The maximum Gasteiger partial charge on any atom is 0.239 e. The molecule has 1 aromatic rings. The first-order chi connectivity index (χ1) is 8.69. The molecule has 0 fully saturated rings. The molecule has 0 saturated carbocycles. The molecule has 3 N–H and O–H groups in total. The summed E-state index contributed by atoms with van der Waals surface area (Å²) in [6.45, 7) is 5.65. The second kappa shape index (κ2) is 7.86. The van der Waals surface area contributed by atoms with Crippen LogP contribution in [0, 0.1) is 0 Å². The van der Waals surface area contributed by atoms with Crippen molar-refractivity contribution in [3.63, 3.8) is 0 Å². The molecule has 0 aliphatic rings. The van der Waals surface area contributed by atoms with Crippen LogP contribution in [0.5, 0.6) is 0 Å². The van der Waals surface area contributed by atoms with Crippen LogP contribution in [-0.2, 0) is 4.79 Å². The highest BCUT2D eigenvalue weighted by atomic mass is 79.9. The van der Waals surface area contributed by atoms with E-state index in [1.165, 1.54) is 6.33 Å². The quantitative estimate of drug-likeness (QED) is 0.712. The van der Waals surface area contributed by atoms with E-state index in [-0.39, 0.29) is 12.5 Å². The number of carbonyl (C=O) groups excluding carboxylic acids is 1. The Kier molecular flexibility index (Phi) is 6.42.